The van der Waals surface area contributed by atoms with Gasteiger partial charge in [0.1, 0.15) is 12.7 Å². The number of unbranched alkanes of at least 4 members (excludes halogenated alkanes) is 3. The summed E-state index contributed by atoms with van der Waals surface area (Å²) in [6.45, 7) is 7.69. The molecule has 0 aliphatic rings. The van der Waals surface area contributed by atoms with Crippen LogP contribution >= 0.6 is 0 Å². The van der Waals surface area contributed by atoms with E-state index in [0.29, 0.717) is 5.57 Å². The minimum absolute atomic E-state index is 0.151. The predicted molar refractivity (Wildman–Crippen MR) is 86.6 cm³/mol. The van der Waals surface area contributed by atoms with Gasteiger partial charge in [0.25, 0.3) is 0 Å². The van der Waals surface area contributed by atoms with Crippen molar-refractivity contribution in [2.45, 2.75) is 58.7 Å². The van der Waals surface area contributed by atoms with E-state index in [0.717, 1.165) is 25.7 Å². The number of rotatable bonds is 11. The maximum atomic E-state index is 11.8. The fourth-order valence-corrected chi connectivity index (χ4v) is 1.65. The van der Waals surface area contributed by atoms with E-state index < -0.39 is 30.8 Å². The third kappa shape index (κ3) is 9.15. The SMILES string of the molecule is C=C(C)C(=O)O[C@@H](COC(=O)C(C)=CCCCCC)[C@H](O)CO. The van der Waals surface area contributed by atoms with Crippen LogP contribution in [0.1, 0.15) is 46.5 Å². The quantitative estimate of drug-likeness (QED) is 0.342. The zero-order chi connectivity index (χ0) is 17.8. The van der Waals surface area contributed by atoms with Gasteiger partial charge in [0.05, 0.1) is 6.61 Å². The van der Waals surface area contributed by atoms with Gasteiger partial charge in [-0.25, -0.2) is 9.59 Å². The number of hydrogen-bond donors (Lipinski definition) is 2. The monoisotopic (exact) mass is 328 g/mol. The predicted octanol–water partition coefficient (Wildman–Crippen LogP) is 1.90. The number of hydrogen-bond acceptors (Lipinski definition) is 6. The lowest BCUT2D eigenvalue weighted by Gasteiger charge is -2.21. The summed E-state index contributed by atoms with van der Waals surface area (Å²) in [6.07, 6.45) is 3.33. The highest BCUT2D eigenvalue weighted by molar-refractivity contribution is 5.88. The second kappa shape index (κ2) is 11.8. The van der Waals surface area contributed by atoms with Gasteiger partial charge in [-0.05, 0) is 26.7 Å². The molecular weight excluding hydrogens is 300 g/mol. The molecule has 0 radical (unpaired) electrons. The molecule has 0 aromatic rings. The molecule has 0 heterocycles. The molecule has 0 amide bonds. The molecule has 0 aromatic carbocycles. The Morgan fingerprint density at radius 1 is 1.22 bits per heavy atom. The lowest BCUT2D eigenvalue weighted by Crippen LogP contribution is -2.38. The average Bonchev–Trinajstić information content (AvgIpc) is 2.53. The van der Waals surface area contributed by atoms with E-state index in [1.165, 1.54) is 6.92 Å². The molecule has 2 atom stereocenters. The summed E-state index contributed by atoms with van der Waals surface area (Å²) < 4.78 is 10.0. The minimum Gasteiger partial charge on any atom is -0.458 e. The van der Waals surface area contributed by atoms with Crippen LogP contribution in [-0.2, 0) is 19.1 Å². The van der Waals surface area contributed by atoms with Crippen LogP contribution in [0.2, 0.25) is 0 Å². The van der Waals surface area contributed by atoms with Crippen LogP contribution in [0.4, 0.5) is 0 Å². The van der Waals surface area contributed by atoms with E-state index in [1.807, 2.05) is 0 Å². The Labute approximate surface area is 137 Å². The first-order valence-corrected chi connectivity index (χ1v) is 7.82. The van der Waals surface area contributed by atoms with Gasteiger partial charge >= 0.3 is 11.9 Å². The Hall–Kier alpha value is -1.66. The topological polar surface area (TPSA) is 93.1 Å². The number of esters is 2. The summed E-state index contributed by atoms with van der Waals surface area (Å²) in [6, 6.07) is 0. The molecule has 6 nitrogen and oxygen atoms in total. The van der Waals surface area contributed by atoms with Crippen molar-refractivity contribution in [3.05, 3.63) is 23.8 Å². The molecule has 0 fully saturated rings. The molecule has 0 saturated heterocycles. The molecule has 2 N–H and O–H groups in total. The molecule has 0 aliphatic heterocycles. The molecule has 0 bridgehead atoms. The maximum absolute atomic E-state index is 11.8. The first kappa shape index (κ1) is 21.3. The van der Waals surface area contributed by atoms with Crippen molar-refractivity contribution < 1.29 is 29.3 Å². The maximum Gasteiger partial charge on any atom is 0.333 e. The van der Waals surface area contributed by atoms with E-state index in [9.17, 15) is 14.7 Å². The molecule has 132 valence electrons. The molecular formula is C17H28O6. The van der Waals surface area contributed by atoms with Crippen LogP contribution in [0.3, 0.4) is 0 Å². The Kier molecular flexibility index (Phi) is 11.0. The standard InChI is InChI=1S/C17H28O6/c1-5-6-7-8-9-13(4)17(21)22-11-15(14(19)10-18)23-16(20)12(2)3/h9,14-15,18-19H,2,5-8,10-11H2,1,3-4H3/t14-,15+/m1/s1. The Balaban J connectivity index is 4.50. The third-order valence-corrected chi connectivity index (χ3v) is 3.18. The lowest BCUT2D eigenvalue weighted by molar-refractivity contribution is -0.162. The highest BCUT2D eigenvalue weighted by Gasteiger charge is 2.25. The van der Waals surface area contributed by atoms with Crippen LogP contribution < -0.4 is 0 Å². The van der Waals surface area contributed by atoms with E-state index in [4.69, 9.17) is 14.6 Å². The van der Waals surface area contributed by atoms with Crippen LogP contribution in [0, 0.1) is 0 Å². The Bertz CT molecular complexity index is 427. The summed E-state index contributed by atoms with van der Waals surface area (Å²) in [7, 11) is 0. The highest BCUT2D eigenvalue weighted by atomic mass is 16.6. The van der Waals surface area contributed by atoms with Gasteiger partial charge in [-0.2, -0.15) is 0 Å². The van der Waals surface area contributed by atoms with Crippen molar-refractivity contribution in [1.82, 2.24) is 0 Å². The van der Waals surface area contributed by atoms with Crippen LogP contribution in [0.5, 0.6) is 0 Å². The van der Waals surface area contributed by atoms with Gasteiger partial charge < -0.3 is 19.7 Å². The molecule has 0 rings (SSSR count). The zero-order valence-corrected chi connectivity index (χ0v) is 14.2. The Morgan fingerprint density at radius 2 is 1.87 bits per heavy atom. The van der Waals surface area contributed by atoms with Gasteiger partial charge in [0.2, 0.25) is 0 Å². The van der Waals surface area contributed by atoms with Crippen LogP contribution in [0.15, 0.2) is 23.8 Å². The van der Waals surface area contributed by atoms with E-state index in [2.05, 4.69) is 13.5 Å². The molecule has 23 heavy (non-hydrogen) atoms. The number of carbonyl (C=O) groups excluding carboxylic acids is 2. The molecule has 0 spiro atoms. The summed E-state index contributed by atoms with van der Waals surface area (Å²) in [5.41, 5.74) is 0.614. The van der Waals surface area contributed by atoms with Crippen LogP contribution in [-0.4, -0.2) is 47.6 Å². The fraction of sp³-hybridized carbons (Fsp3) is 0.647. The van der Waals surface area contributed by atoms with E-state index in [1.54, 1.807) is 13.0 Å². The average molecular weight is 328 g/mol. The second-order valence-electron chi connectivity index (χ2n) is 5.46. The van der Waals surface area contributed by atoms with E-state index in [-0.39, 0.29) is 12.2 Å². The Morgan fingerprint density at radius 3 is 2.39 bits per heavy atom. The zero-order valence-electron chi connectivity index (χ0n) is 14.2. The number of carbonyl (C=O) groups is 2. The molecule has 0 unspecified atom stereocenters. The van der Waals surface area contributed by atoms with Gasteiger partial charge in [0.15, 0.2) is 6.10 Å². The van der Waals surface area contributed by atoms with Crippen molar-refractivity contribution in [1.29, 1.82) is 0 Å². The molecule has 0 aliphatic carbocycles. The summed E-state index contributed by atoms with van der Waals surface area (Å²) in [4.78, 5) is 23.3. The minimum atomic E-state index is -1.33. The van der Waals surface area contributed by atoms with Gasteiger partial charge in [-0.1, -0.05) is 32.4 Å². The molecule has 6 heteroatoms. The summed E-state index contributed by atoms with van der Waals surface area (Å²) >= 11 is 0. The van der Waals surface area contributed by atoms with Crippen molar-refractivity contribution in [2.24, 2.45) is 0 Å². The third-order valence-electron chi connectivity index (χ3n) is 3.18. The fourth-order valence-electron chi connectivity index (χ4n) is 1.65. The number of aliphatic hydroxyl groups excluding tert-OH is 2. The molecule has 0 saturated carbocycles. The van der Waals surface area contributed by atoms with E-state index >= 15 is 0 Å². The van der Waals surface area contributed by atoms with Crippen molar-refractivity contribution in [2.75, 3.05) is 13.2 Å². The van der Waals surface area contributed by atoms with Crippen molar-refractivity contribution in [3.8, 4) is 0 Å². The van der Waals surface area contributed by atoms with Crippen molar-refractivity contribution in [3.63, 3.8) is 0 Å². The summed E-state index contributed by atoms with van der Waals surface area (Å²) in [5.74, 6) is -1.26. The van der Waals surface area contributed by atoms with Gasteiger partial charge in [-0.15, -0.1) is 0 Å². The van der Waals surface area contributed by atoms with Gasteiger partial charge in [0, 0.05) is 11.1 Å². The highest BCUT2D eigenvalue weighted by Crippen LogP contribution is 2.08. The normalized spacial score (nSPS) is 14.0. The lowest BCUT2D eigenvalue weighted by atomic mass is 10.1. The van der Waals surface area contributed by atoms with Crippen molar-refractivity contribution >= 4 is 11.9 Å². The van der Waals surface area contributed by atoms with Crippen LogP contribution in [0.25, 0.3) is 0 Å². The largest absolute Gasteiger partial charge is 0.458 e. The number of ether oxygens (including phenoxy) is 2. The number of allylic oxidation sites excluding steroid dienone is 1. The number of aliphatic hydroxyl groups is 2. The second-order valence-corrected chi connectivity index (χ2v) is 5.46. The summed E-state index contributed by atoms with van der Waals surface area (Å²) in [5, 5.41) is 18.6. The smallest absolute Gasteiger partial charge is 0.333 e. The van der Waals surface area contributed by atoms with Gasteiger partial charge in [-0.3, -0.25) is 0 Å². The molecule has 0 aromatic heterocycles. The first-order valence-electron chi connectivity index (χ1n) is 7.82. The first-order chi connectivity index (χ1) is 10.8.